The number of anilines is 2. The van der Waals surface area contributed by atoms with Crippen LogP contribution in [0.4, 0.5) is 16.2 Å². The van der Waals surface area contributed by atoms with Crippen LogP contribution in [0.2, 0.25) is 0 Å². The van der Waals surface area contributed by atoms with Crippen molar-refractivity contribution in [3.63, 3.8) is 0 Å². The van der Waals surface area contributed by atoms with Gasteiger partial charge in [0, 0.05) is 19.2 Å². The lowest BCUT2D eigenvalue weighted by atomic mass is 9.90. The van der Waals surface area contributed by atoms with Gasteiger partial charge in [0.1, 0.15) is 0 Å². The Hall–Kier alpha value is -4.84. The summed E-state index contributed by atoms with van der Waals surface area (Å²) in [5.74, 6) is 1.29. The fourth-order valence-electron chi connectivity index (χ4n) is 5.10. The monoisotopic (exact) mass is 546 g/mol. The van der Waals surface area contributed by atoms with Gasteiger partial charge in [0.15, 0.2) is 11.5 Å². The number of hydrogen-bond acceptors (Lipinski definition) is 4. The Morgan fingerprint density at radius 3 is 1.98 bits per heavy atom. The second-order valence-corrected chi connectivity index (χ2v) is 10.1. The zero-order valence-corrected chi connectivity index (χ0v) is 23.2. The first-order valence-electron chi connectivity index (χ1n) is 13.9. The second-order valence-electron chi connectivity index (χ2n) is 10.1. The topological polar surface area (TPSA) is 59.1 Å². The number of nitrogens with zero attached hydrogens (tertiary/aromatic N) is 2. The van der Waals surface area contributed by atoms with Crippen molar-refractivity contribution < 1.29 is 19.1 Å². The van der Waals surface area contributed by atoms with Crippen LogP contribution in [0, 0.1) is 5.92 Å². The molecule has 0 saturated carbocycles. The Kier molecular flexibility index (Phi) is 9.12. The summed E-state index contributed by atoms with van der Waals surface area (Å²) in [6.45, 7) is 1.52. The maximum Gasteiger partial charge on any atom is 0.424 e. The first kappa shape index (κ1) is 27.7. The molecule has 1 aliphatic rings. The van der Waals surface area contributed by atoms with Crippen molar-refractivity contribution in [3.8, 4) is 11.5 Å². The third-order valence-corrected chi connectivity index (χ3v) is 7.31. The molecule has 0 spiro atoms. The Morgan fingerprint density at radius 2 is 1.39 bits per heavy atom. The highest BCUT2D eigenvalue weighted by Gasteiger charge is 2.23. The van der Waals surface area contributed by atoms with E-state index in [1.165, 1.54) is 17.6 Å². The molecule has 1 aliphatic heterocycles. The molecular formula is C35H34N2O4. The normalized spacial score (nSPS) is 13.6. The van der Waals surface area contributed by atoms with Gasteiger partial charge in [0.2, 0.25) is 5.91 Å². The maximum atomic E-state index is 13.4. The summed E-state index contributed by atoms with van der Waals surface area (Å²) in [6, 6.07) is 34.4. The lowest BCUT2D eigenvalue weighted by Crippen LogP contribution is -2.37. The van der Waals surface area contributed by atoms with Crippen LogP contribution in [0.15, 0.2) is 115 Å². The molecule has 0 atom stereocenters. The Morgan fingerprint density at radius 1 is 0.805 bits per heavy atom. The van der Waals surface area contributed by atoms with E-state index >= 15 is 0 Å². The molecule has 6 heteroatoms. The maximum absolute atomic E-state index is 13.4. The number of amides is 2. The Bertz CT molecular complexity index is 1420. The van der Waals surface area contributed by atoms with Crippen molar-refractivity contribution in [2.75, 3.05) is 25.1 Å². The van der Waals surface area contributed by atoms with Crippen LogP contribution >= 0.6 is 0 Å². The van der Waals surface area contributed by atoms with Crippen LogP contribution in [-0.4, -0.2) is 37.1 Å². The number of hydrogen-bond donors (Lipinski definition) is 0. The first-order chi connectivity index (χ1) is 20.1. The van der Waals surface area contributed by atoms with E-state index in [1.807, 2.05) is 71.6 Å². The van der Waals surface area contributed by atoms with Gasteiger partial charge >= 0.3 is 6.09 Å². The SMILES string of the molecule is COc1cc(/C=C/C(=O)N2CCC(Cc3ccccc3)CC2)ccc1OC(=O)N(c1ccccc1)c1ccccc1. The Labute approximate surface area is 241 Å². The molecule has 208 valence electrons. The number of piperidine rings is 1. The van der Waals surface area contributed by atoms with Gasteiger partial charge in [-0.05, 0) is 78.8 Å². The summed E-state index contributed by atoms with van der Waals surface area (Å²) >= 11 is 0. The highest BCUT2D eigenvalue weighted by Crippen LogP contribution is 2.32. The van der Waals surface area contributed by atoms with E-state index in [0.29, 0.717) is 28.8 Å². The van der Waals surface area contributed by atoms with Gasteiger partial charge in [-0.1, -0.05) is 72.8 Å². The number of methoxy groups -OCH3 is 1. The van der Waals surface area contributed by atoms with Gasteiger partial charge in [-0.3, -0.25) is 4.79 Å². The highest BCUT2D eigenvalue weighted by molar-refractivity contribution is 5.97. The van der Waals surface area contributed by atoms with Gasteiger partial charge in [-0.15, -0.1) is 0 Å². The van der Waals surface area contributed by atoms with Crippen LogP contribution in [0.25, 0.3) is 6.08 Å². The van der Waals surface area contributed by atoms with Gasteiger partial charge < -0.3 is 14.4 Å². The van der Waals surface area contributed by atoms with Crippen molar-refractivity contribution >= 4 is 29.5 Å². The molecule has 1 fully saturated rings. The summed E-state index contributed by atoms with van der Waals surface area (Å²) in [6.07, 6.45) is 5.88. The third kappa shape index (κ3) is 7.22. The van der Waals surface area contributed by atoms with Crippen molar-refractivity contribution in [2.45, 2.75) is 19.3 Å². The van der Waals surface area contributed by atoms with Gasteiger partial charge in [0.25, 0.3) is 0 Å². The molecule has 0 unspecified atom stereocenters. The van der Waals surface area contributed by atoms with E-state index in [1.54, 1.807) is 30.4 Å². The first-order valence-corrected chi connectivity index (χ1v) is 13.9. The molecular weight excluding hydrogens is 512 g/mol. The average molecular weight is 547 g/mol. The molecule has 2 amide bonds. The summed E-state index contributed by atoms with van der Waals surface area (Å²) in [5.41, 5.74) is 3.50. The van der Waals surface area contributed by atoms with Crippen LogP contribution in [0.3, 0.4) is 0 Å². The zero-order valence-electron chi connectivity index (χ0n) is 23.2. The number of carbonyl (C=O) groups is 2. The molecule has 1 saturated heterocycles. The van der Waals surface area contributed by atoms with Crippen LogP contribution in [-0.2, 0) is 11.2 Å². The fourth-order valence-corrected chi connectivity index (χ4v) is 5.10. The predicted octanol–water partition coefficient (Wildman–Crippen LogP) is 7.53. The quantitative estimate of drug-likeness (QED) is 0.214. The molecule has 41 heavy (non-hydrogen) atoms. The minimum absolute atomic E-state index is 0.000929. The minimum atomic E-state index is -0.560. The molecule has 4 aromatic rings. The van der Waals surface area contributed by atoms with Gasteiger partial charge in [-0.25, -0.2) is 9.69 Å². The number of benzene rings is 4. The van der Waals surface area contributed by atoms with Crippen molar-refractivity contribution in [2.24, 2.45) is 5.92 Å². The van der Waals surface area contributed by atoms with Crippen molar-refractivity contribution in [3.05, 3.63) is 126 Å². The summed E-state index contributed by atoms with van der Waals surface area (Å²) in [5, 5.41) is 0. The second kappa shape index (κ2) is 13.5. The fraction of sp³-hybridized carbons (Fsp3) is 0.200. The van der Waals surface area contributed by atoms with E-state index in [2.05, 4.69) is 24.3 Å². The molecule has 0 radical (unpaired) electrons. The average Bonchev–Trinajstić information content (AvgIpc) is 3.02. The number of rotatable bonds is 8. The molecule has 1 heterocycles. The zero-order chi connectivity index (χ0) is 28.4. The number of ether oxygens (including phenoxy) is 2. The predicted molar refractivity (Wildman–Crippen MR) is 163 cm³/mol. The number of likely N-dealkylation sites (tertiary alicyclic amines) is 1. The van der Waals surface area contributed by atoms with Crippen LogP contribution < -0.4 is 14.4 Å². The summed E-state index contributed by atoms with van der Waals surface area (Å²) in [4.78, 5) is 29.7. The summed E-state index contributed by atoms with van der Waals surface area (Å²) in [7, 11) is 1.52. The lowest BCUT2D eigenvalue weighted by Gasteiger charge is -2.31. The van der Waals surface area contributed by atoms with E-state index in [9.17, 15) is 9.59 Å². The smallest absolute Gasteiger partial charge is 0.424 e. The highest BCUT2D eigenvalue weighted by atomic mass is 16.6. The molecule has 6 nitrogen and oxygen atoms in total. The van der Waals surface area contributed by atoms with E-state index < -0.39 is 6.09 Å². The molecule has 5 rings (SSSR count). The van der Waals surface area contributed by atoms with E-state index in [-0.39, 0.29) is 5.91 Å². The van der Waals surface area contributed by atoms with E-state index in [0.717, 1.165) is 37.9 Å². The van der Waals surface area contributed by atoms with E-state index in [4.69, 9.17) is 9.47 Å². The third-order valence-electron chi connectivity index (χ3n) is 7.31. The Balaban J connectivity index is 1.22. The molecule has 0 aromatic heterocycles. The number of para-hydroxylation sites is 2. The standard InChI is InChI=1S/C35H34N2O4/c1-40-33-26-28(18-20-34(38)36-23-21-29(22-24-36)25-27-11-5-2-6-12-27)17-19-32(33)41-35(39)37(30-13-7-3-8-14-30)31-15-9-4-10-16-31/h2-20,26,29H,21-25H2,1H3/b20-18+. The van der Waals surface area contributed by atoms with Gasteiger partial charge in [-0.2, -0.15) is 0 Å². The molecule has 0 aliphatic carbocycles. The molecule has 0 bridgehead atoms. The van der Waals surface area contributed by atoms with Crippen molar-refractivity contribution in [1.29, 1.82) is 0 Å². The molecule has 4 aromatic carbocycles. The summed E-state index contributed by atoms with van der Waals surface area (Å²) < 4.78 is 11.3. The lowest BCUT2D eigenvalue weighted by molar-refractivity contribution is -0.127. The minimum Gasteiger partial charge on any atom is -0.493 e. The van der Waals surface area contributed by atoms with Crippen molar-refractivity contribution in [1.82, 2.24) is 4.90 Å². The largest absolute Gasteiger partial charge is 0.493 e. The van der Waals surface area contributed by atoms with Gasteiger partial charge in [0.05, 0.1) is 18.5 Å². The van der Waals surface area contributed by atoms with Crippen LogP contribution in [0.5, 0.6) is 11.5 Å². The number of carbonyl (C=O) groups excluding carboxylic acids is 2. The molecule has 0 N–H and O–H groups in total. The van der Waals surface area contributed by atoms with Crippen LogP contribution in [0.1, 0.15) is 24.0 Å².